The summed E-state index contributed by atoms with van der Waals surface area (Å²) < 4.78 is 34.7. The van der Waals surface area contributed by atoms with Gasteiger partial charge in [0.1, 0.15) is 10.6 Å². The van der Waals surface area contributed by atoms with Gasteiger partial charge in [-0.25, -0.2) is 13.1 Å². The number of sulfonamides is 1. The summed E-state index contributed by atoms with van der Waals surface area (Å²) in [5.74, 6) is -0.391. The summed E-state index contributed by atoms with van der Waals surface area (Å²) in [6, 6.07) is 4.81. The van der Waals surface area contributed by atoms with Crippen molar-refractivity contribution in [3.63, 3.8) is 0 Å². The van der Waals surface area contributed by atoms with Crippen LogP contribution in [0.2, 0.25) is 0 Å². The molecule has 0 spiro atoms. The van der Waals surface area contributed by atoms with Gasteiger partial charge in [-0.1, -0.05) is 51.0 Å². The molecule has 2 amide bonds. The van der Waals surface area contributed by atoms with Gasteiger partial charge < -0.3 is 4.74 Å². The SMILES string of the molecule is COc1ccc(CN2C(=O)[C@H]3CCCC[C@H]3C2=O)cc1S(=O)(=O)NC1CCCCCCC1. The second-order valence-corrected chi connectivity index (χ2v) is 11.1. The molecule has 32 heavy (non-hydrogen) atoms. The minimum Gasteiger partial charge on any atom is -0.495 e. The lowest BCUT2D eigenvalue weighted by Gasteiger charge is -2.22. The summed E-state index contributed by atoms with van der Waals surface area (Å²) >= 11 is 0. The van der Waals surface area contributed by atoms with E-state index in [1.165, 1.54) is 18.4 Å². The number of rotatable bonds is 6. The van der Waals surface area contributed by atoms with Crippen LogP contribution in [0.5, 0.6) is 5.75 Å². The number of methoxy groups -OCH3 is 1. The molecular formula is C24H34N2O5S. The number of hydrogen-bond donors (Lipinski definition) is 1. The first kappa shape index (κ1) is 23.2. The predicted octanol–water partition coefficient (Wildman–Crippen LogP) is 3.76. The minimum absolute atomic E-state index is 0.0658. The summed E-state index contributed by atoms with van der Waals surface area (Å²) in [4.78, 5) is 27.1. The molecule has 0 aromatic heterocycles. The molecule has 2 saturated carbocycles. The molecular weight excluding hydrogens is 428 g/mol. The van der Waals surface area contributed by atoms with Crippen molar-refractivity contribution < 1.29 is 22.7 Å². The smallest absolute Gasteiger partial charge is 0.244 e. The van der Waals surface area contributed by atoms with Gasteiger partial charge in [-0.15, -0.1) is 0 Å². The Morgan fingerprint density at radius 3 is 2.06 bits per heavy atom. The maximum Gasteiger partial charge on any atom is 0.244 e. The summed E-state index contributed by atoms with van der Waals surface area (Å²) in [5.41, 5.74) is 0.615. The van der Waals surface area contributed by atoms with Crippen LogP contribution in [0.15, 0.2) is 23.1 Å². The number of imide groups is 1. The number of carbonyl (C=O) groups is 2. The second-order valence-electron chi connectivity index (χ2n) is 9.41. The van der Waals surface area contributed by atoms with E-state index in [2.05, 4.69) is 4.72 Å². The Balaban J connectivity index is 1.54. The number of carbonyl (C=O) groups excluding carboxylic acids is 2. The average molecular weight is 463 g/mol. The Hall–Kier alpha value is -1.93. The quantitative estimate of drug-likeness (QED) is 0.650. The lowest BCUT2D eigenvalue weighted by molar-refractivity contribution is -0.140. The van der Waals surface area contributed by atoms with Crippen LogP contribution < -0.4 is 9.46 Å². The molecule has 7 nitrogen and oxygen atoms in total. The van der Waals surface area contributed by atoms with Crippen molar-refractivity contribution >= 4 is 21.8 Å². The van der Waals surface area contributed by atoms with Crippen LogP contribution in [0.3, 0.4) is 0 Å². The van der Waals surface area contributed by atoms with E-state index in [1.807, 2.05) is 0 Å². The van der Waals surface area contributed by atoms with Gasteiger partial charge in [0.2, 0.25) is 21.8 Å². The third kappa shape index (κ3) is 4.86. The van der Waals surface area contributed by atoms with Gasteiger partial charge in [0, 0.05) is 6.04 Å². The molecule has 3 fully saturated rings. The lowest BCUT2D eigenvalue weighted by Crippen LogP contribution is -2.35. The lowest BCUT2D eigenvalue weighted by atomic mass is 9.81. The molecule has 1 aromatic rings. The standard InChI is InChI=1S/C24H34N2O5S/c1-31-21-14-13-17(16-26-23(27)19-11-7-8-12-20(19)24(26)28)15-22(21)32(29,30)25-18-9-5-3-2-4-6-10-18/h13-15,18-20,25H,2-12,16H2,1H3/t19-,20+. The van der Waals surface area contributed by atoms with Gasteiger partial charge in [0.05, 0.1) is 25.5 Å². The second kappa shape index (κ2) is 9.91. The molecule has 8 heteroatoms. The molecule has 1 aliphatic heterocycles. The summed E-state index contributed by atoms with van der Waals surface area (Å²) in [6.45, 7) is 0.0978. The maximum atomic E-state index is 13.3. The largest absolute Gasteiger partial charge is 0.495 e. The average Bonchev–Trinajstić information content (AvgIpc) is 3.00. The van der Waals surface area contributed by atoms with Gasteiger partial charge >= 0.3 is 0 Å². The van der Waals surface area contributed by atoms with Gasteiger partial charge in [-0.05, 0) is 43.4 Å². The van der Waals surface area contributed by atoms with Crippen LogP contribution in [-0.4, -0.2) is 38.3 Å². The van der Waals surface area contributed by atoms with Crippen LogP contribution in [0.25, 0.3) is 0 Å². The maximum absolute atomic E-state index is 13.3. The Kier molecular flexibility index (Phi) is 7.20. The number of hydrogen-bond acceptors (Lipinski definition) is 5. The third-order valence-electron chi connectivity index (χ3n) is 7.22. The van der Waals surface area contributed by atoms with E-state index in [1.54, 1.807) is 18.2 Å². The normalized spacial score (nSPS) is 25.3. The highest BCUT2D eigenvalue weighted by molar-refractivity contribution is 7.89. The molecule has 2 atom stereocenters. The highest BCUT2D eigenvalue weighted by Crippen LogP contribution is 2.39. The van der Waals surface area contributed by atoms with Crippen molar-refractivity contribution in [2.45, 2.75) is 88.1 Å². The Morgan fingerprint density at radius 1 is 0.906 bits per heavy atom. The highest BCUT2D eigenvalue weighted by Gasteiger charge is 2.47. The fraction of sp³-hybridized carbons (Fsp3) is 0.667. The van der Waals surface area contributed by atoms with Gasteiger partial charge in [-0.3, -0.25) is 14.5 Å². The van der Waals surface area contributed by atoms with Gasteiger partial charge in [-0.2, -0.15) is 0 Å². The molecule has 3 aliphatic rings. The van der Waals surface area contributed by atoms with E-state index >= 15 is 0 Å². The number of nitrogens with one attached hydrogen (secondary N) is 1. The molecule has 1 saturated heterocycles. The first-order chi connectivity index (χ1) is 15.4. The van der Waals surface area contributed by atoms with Gasteiger partial charge in [0.25, 0.3) is 0 Å². The Morgan fingerprint density at radius 2 is 1.47 bits per heavy atom. The zero-order valence-electron chi connectivity index (χ0n) is 18.8. The minimum atomic E-state index is -3.80. The predicted molar refractivity (Wildman–Crippen MR) is 120 cm³/mol. The van der Waals surface area contributed by atoms with Crippen molar-refractivity contribution in [2.24, 2.45) is 11.8 Å². The van der Waals surface area contributed by atoms with E-state index in [4.69, 9.17) is 4.74 Å². The Labute approximate surface area is 190 Å². The number of ether oxygens (including phenoxy) is 1. The van der Waals surface area contributed by atoms with Crippen molar-refractivity contribution in [1.29, 1.82) is 0 Å². The fourth-order valence-electron chi connectivity index (χ4n) is 5.46. The van der Waals surface area contributed by atoms with E-state index < -0.39 is 10.0 Å². The monoisotopic (exact) mass is 462 g/mol. The summed E-state index contributed by atoms with van der Waals surface area (Å²) in [5, 5.41) is 0. The molecule has 1 N–H and O–H groups in total. The highest BCUT2D eigenvalue weighted by atomic mass is 32.2. The summed E-state index contributed by atoms with van der Waals surface area (Å²) in [7, 11) is -2.35. The van der Waals surface area contributed by atoms with Crippen LogP contribution in [0, 0.1) is 11.8 Å². The molecule has 1 heterocycles. The van der Waals surface area contributed by atoms with Gasteiger partial charge in [0.15, 0.2) is 0 Å². The first-order valence-corrected chi connectivity index (χ1v) is 13.4. The molecule has 176 valence electrons. The van der Waals surface area contributed by atoms with Crippen molar-refractivity contribution in [1.82, 2.24) is 9.62 Å². The topological polar surface area (TPSA) is 92.8 Å². The van der Waals surface area contributed by atoms with Crippen molar-refractivity contribution in [3.8, 4) is 5.75 Å². The molecule has 0 radical (unpaired) electrons. The van der Waals surface area contributed by atoms with Crippen LogP contribution >= 0.6 is 0 Å². The van der Waals surface area contributed by atoms with Crippen LogP contribution in [0.4, 0.5) is 0 Å². The molecule has 4 rings (SSSR count). The molecule has 0 unspecified atom stereocenters. The molecule has 0 bridgehead atoms. The van der Waals surface area contributed by atoms with Crippen LogP contribution in [-0.2, 0) is 26.2 Å². The molecule has 1 aromatic carbocycles. The van der Waals surface area contributed by atoms with Crippen LogP contribution in [0.1, 0.15) is 76.2 Å². The zero-order chi connectivity index (χ0) is 22.7. The Bertz CT molecular complexity index is 929. The third-order valence-corrected chi connectivity index (χ3v) is 8.76. The number of likely N-dealkylation sites (tertiary alicyclic amines) is 1. The van der Waals surface area contributed by atoms with Crippen molar-refractivity contribution in [3.05, 3.63) is 23.8 Å². The number of fused-ring (bicyclic) bond motifs is 1. The first-order valence-electron chi connectivity index (χ1n) is 11.9. The summed E-state index contributed by atoms with van der Waals surface area (Å²) in [6.07, 6.45) is 10.7. The number of amides is 2. The van der Waals surface area contributed by atoms with E-state index in [-0.39, 0.29) is 46.9 Å². The number of benzene rings is 1. The molecule has 2 aliphatic carbocycles. The number of nitrogens with zero attached hydrogens (tertiary/aromatic N) is 1. The van der Waals surface area contributed by atoms with Crippen molar-refractivity contribution in [2.75, 3.05) is 7.11 Å². The zero-order valence-corrected chi connectivity index (χ0v) is 19.7. The van der Waals surface area contributed by atoms with E-state index in [0.717, 1.165) is 64.2 Å². The fourth-order valence-corrected chi connectivity index (χ4v) is 6.98. The van der Waals surface area contributed by atoms with E-state index in [0.29, 0.717) is 5.56 Å². The van der Waals surface area contributed by atoms with E-state index in [9.17, 15) is 18.0 Å².